The van der Waals surface area contributed by atoms with Crippen molar-refractivity contribution in [1.29, 1.82) is 0 Å². The van der Waals surface area contributed by atoms with Gasteiger partial charge < -0.3 is 15.1 Å². The van der Waals surface area contributed by atoms with Gasteiger partial charge in [-0.25, -0.2) is 0 Å². The topological polar surface area (TPSA) is 73.0 Å². The first kappa shape index (κ1) is 22.3. The number of likely N-dealkylation sites (N-methyl/N-ethyl adjacent to an activating group) is 1. The highest BCUT2D eigenvalue weighted by Crippen LogP contribution is 2.19. The number of nitrogens with one attached hydrogen (secondary N) is 1. The Labute approximate surface area is 179 Å². The predicted molar refractivity (Wildman–Crippen MR) is 116 cm³/mol. The lowest BCUT2D eigenvalue weighted by atomic mass is 10.1. The molecule has 2 saturated heterocycles. The fourth-order valence-corrected chi connectivity index (χ4v) is 4.36. The van der Waals surface area contributed by atoms with Crippen LogP contribution in [0.5, 0.6) is 0 Å². The summed E-state index contributed by atoms with van der Waals surface area (Å²) in [4.78, 5) is 42.9. The van der Waals surface area contributed by atoms with E-state index in [0.29, 0.717) is 52.0 Å². The maximum atomic E-state index is 13.0. The van der Waals surface area contributed by atoms with Crippen LogP contribution in [0.2, 0.25) is 0 Å². The molecule has 2 fully saturated rings. The van der Waals surface area contributed by atoms with E-state index in [-0.39, 0.29) is 29.8 Å². The number of rotatable bonds is 7. The average Bonchev–Trinajstić information content (AvgIpc) is 3.13. The molecule has 2 unspecified atom stereocenters. The molecule has 3 amide bonds. The highest BCUT2D eigenvalue weighted by Gasteiger charge is 2.38. The zero-order valence-electron chi connectivity index (χ0n) is 18.2. The summed E-state index contributed by atoms with van der Waals surface area (Å²) in [5, 5.41) is 3.00. The molecule has 1 N–H and O–H groups in total. The Morgan fingerprint density at radius 2 is 1.70 bits per heavy atom. The van der Waals surface area contributed by atoms with Gasteiger partial charge in [0, 0.05) is 51.6 Å². The normalized spacial score (nSPS) is 22.2. The molecule has 0 spiro atoms. The van der Waals surface area contributed by atoms with Crippen molar-refractivity contribution in [1.82, 2.24) is 20.0 Å². The Morgan fingerprint density at radius 3 is 2.37 bits per heavy atom. The molecule has 30 heavy (non-hydrogen) atoms. The van der Waals surface area contributed by atoms with Gasteiger partial charge in [0.2, 0.25) is 17.7 Å². The largest absolute Gasteiger partial charge is 0.352 e. The first-order valence-corrected chi connectivity index (χ1v) is 11.1. The van der Waals surface area contributed by atoms with Crippen molar-refractivity contribution in [3.8, 4) is 0 Å². The van der Waals surface area contributed by atoms with Gasteiger partial charge in [0.25, 0.3) is 0 Å². The van der Waals surface area contributed by atoms with Gasteiger partial charge in [-0.2, -0.15) is 0 Å². The van der Waals surface area contributed by atoms with E-state index >= 15 is 0 Å². The number of likely N-dealkylation sites (tertiary alicyclic amines) is 1. The Hall–Kier alpha value is -2.41. The zero-order chi connectivity index (χ0) is 21.5. The van der Waals surface area contributed by atoms with Crippen molar-refractivity contribution in [3.05, 3.63) is 35.9 Å². The monoisotopic (exact) mass is 414 g/mol. The van der Waals surface area contributed by atoms with E-state index in [2.05, 4.69) is 17.4 Å². The predicted octanol–water partition coefficient (Wildman–Crippen LogP) is 1.28. The van der Waals surface area contributed by atoms with Crippen LogP contribution < -0.4 is 5.32 Å². The third-order valence-electron chi connectivity index (χ3n) is 6.16. The van der Waals surface area contributed by atoms with Crippen molar-refractivity contribution in [2.24, 2.45) is 0 Å². The molecule has 164 valence electrons. The van der Waals surface area contributed by atoms with Gasteiger partial charge in [-0.3, -0.25) is 19.3 Å². The fourth-order valence-electron chi connectivity index (χ4n) is 4.36. The number of carbonyl (C=O) groups excluding carboxylic acids is 3. The molecular weight excluding hydrogens is 380 g/mol. The van der Waals surface area contributed by atoms with Gasteiger partial charge in [-0.1, -0.05) is 37.3 Å². The van der Waals surface area contributed by atoms with Crippen molar-refractivity contribution >= 4 is 17.7 Å². The smallest absolute Gasteiger partial charge is 0.240 e. The molecule has 2 aliphatic heterocycles. The molecule has 1 aromatic carbocycles. The molecule has 7 heteroatoms. The minimum absolute atomic E-state index is 0.0286. The van der Waals surface area contributed by atoms with Crippen LogP contribution in [-0.4, -0.2) is 84.3 Å². The number of benzene rings is 1. The third kappa shape index (κ3) is 5.81. The summed E-state index contributed by atoms with van der Waals surface area (Å²) in [5.41, 5.74) is 1.26. The molecule has 1 aromatic rings. The average molecular weight is 415 g/mol. The van der Waals surface area contributed by atoms with E-state index in [9.17, 15) is 14.4 Å². The summed E-state index contributed by atoms with van der Waals surface area (Å²) >= 11 is 0. The summed E-state index contributed by atoms with van der Waals surface area (Å²) in [7, 11) is 1.94. The van der Waals surface area contributed by atoms with Gasteiger partial charge in [0.15, 0.2) is 0 Å². The van der Waals surface area contributed by atoms with Crippen LogP contribution in [0.15, 0.2) is 30.3 Å². The van der Waals surface area contributed by atoms with Gasteiger partial charge in [-0.15, -0.1) is 0 Å². The summed E-state index contributed by atoms with van der Waals surface area (Å²) in [6.07, 6.45) is 3.42. The fraction of sp³-hybridized carbons (Fsp3) is 0.609. The molecular formula is C23H34N4O3. The molecule has 0 saturated carbocycles. The van der Waals surface area contributed by atoms with E-state index in [1.807, 2.05) is 46.9 Å². The van der Waals surface area contributed by atoms with Crippen LogP contribution in [-0.2, 0) is 20.8 Å². The van der Waals surface area contributed by atoms with Gasteiger partial charge in [0.1, 0.15) is 0 Å². The van der Waals surface area contributed by atoms with Gasteiger partial charge >= 0.3 is 0 Å². The van der Waals surface area contributed by atoms with Crippen LogP contribution in [0, 0.1) is 0 Å². The Balaban J connectivity index is 1.40. The number of carbonyl (C=O) groups is 3. The first-order chi connectivity index (χ1) is 14.5. The summed E-state index contributed by atoms with van der Waals surface area (Å²) in [6.45, 7) is 4.89. The number of hydrogen-bond acceptors (Lipinski definition) is 4. The maximum Gasteiger partial charge on any atom is 0.240 e. The highest BCUT2D eigenvalue weighted by molar-refractivity contribution is 5.83. The molecule has 0 aliphatic carbocycles. The van der Waals surface area contributed by atoms with Crippen molar-refractivity contribution in [2.75, 3.05) is 39.8 Å². The van der Waals surface area contributed by atoms with E-state index in [1.165, 1.54) is 5.56 Å². The summed E-state index contributed by atoms with van der Waals surface area (Å²) in [5.74, 6) is 0.321. The third-order valence-corrected chi connectivity index (χ3v) is 6.16. The molecule has 7 nitrogen and oxygen atoms in total. The lowest BCUT2D eigenvalue weighted by Crippen LogP contribution is -2.54. The van der Waals surface area contributed by atoms with E-state index in [4.69, 9.17) is 0 Å². The summed E-state index contributed by atoms with van der Waals surface area (Å²) in [6, 6.07) is 10.1. The summed E-state index contributed by atoms with van der Waals surface area (Å²) < 4.78 is 0. The molecule has 2 heterocycles. The van der Waals surface area contributed by atoms with Crippen LogP contribution in [0.3, 0.4) is 0 Å². The minimum Gasteiger partial charge on any atom is -0.352 e. The first-order valence-electron chi connectivity index (χ1n) is 11.1. The van der Waals surface area contributed by atoms with Gasteiger partial charge in [-0.05, 0) is 31.9 Å². The number of amides is 3. The lowest BCUT2D eigenvalue weighted by Gasteiger charge is -2.37. The van der Waals surface area contributed by atoms with E-state index in [1.54, 1.807) is 0 Å². The Bertz CT molecular complexity index is 731. The Kier molecular flexibility index (Phi) is 7.85. The number of nitrogens with zero attached hydrogens (tertiary/aromatic N) is 3. The van der Waals surface area contributed by atoms with Crippen molar-refractivity contribution in [2.45, 2.75) is 51.1 Å². The second-order valence-electron chi connectivity index (χ2n) is 8.35. The molecule has 2 atom stereocenters. The molecule has 0 radical (unpaired) electrons. The van der Waals surface area contributed by atoms with E-state index < -0.39 is 0 Å². The number of piperazine rings is 1. The van der Waals surface area contributed by atoms with Crippen molar-refractivity contribution in [3.63, 3.8) is 0 Å². The van der Waals surface area contributed by atoms with E-state index in [0.717, 1.165) is 12.8 Å². The number of aryl methyl sites for hydroxylation is 1. The highest BCUT2D eigenvalue weighted by atomic mass is 16.2. The van der Waals surface area contributed by atoms with Crippen LogP contribution >= 0.6 is 0 Å². The second-order valence-corrected chi connectivity index (χ2v) is 8.35. The molecule has 2 aliphatic rings. The molecule has 0 bridgehead atoms. The van der Waals surface area contributed by atoms with Crippen LogP contribution in [0.1, 0.15) is 38.2 Å². The standard InChI is InChI=1S/C23H34N4O3/c1-3-21(28)24-19-16-20(25(2)17-19)23(30)27-14-12-26(13-15-27)22(29)11-7-10-18-8-5-4-6-9-18/h4-6,8-9,19-20H,3,7,10-17H2,1-2H3,(H,24,28). The Morgan fingerprint density at radius 1 is 1.03 bits per heavy atom. The quantitative estimate of drug-likeness (QED) is 0.730. The zero-order valence-corrected chi connectivity index (χ0v) is 18.2. The molecule has 0 aromatic heterocycles. The number of hydrogen-bond donors (Lipinski definition) is 1. The second kappa shape index (κ2) is 10.6. The van der Waals surface area contributed by atoms with Crippen LogP contribution in [0.4, 0.5) is 0 Å². The SMILES string of the molecule is CCC(=O)NC1CC(C(=O)N2CCN(C(=O)CCCc3ccccc3)CC2)N(C)C1. The van der Waals surface area contributed by atoms with Crippen molar-refractivity contribution < 1.29 is 14.4 Å². The lowest BCUT2D eigenvalue weighted by molar-refractivity contribution is -0.142. The van der Waals surface area contributed by atoms with Gasteiger partial charge in [0.05, 0.1) is 6.04 Å². The van der Waals surface area contributed by atoms with Crippen LogP contribution in [0.25, 0.3) is 0 Å². The molecule has 3 rings (SSSR count). The maximum absolute atomic E-state index is 13.0. The minimum atomic E-state index is -0.194.